The van der Waals surface area contributed by atoms with E-state index >= 15 is 0 Å². The zero-order chi connectivity index (χ0) is 28.8. The summed E-state index contributed by atoms with van der Waals surface area (Å²) >= 11 is 0. The molecule has 0 atom stereocenters. The molecule has 14 heteroatoms. The van der Waals surface area contributed by atoms with Gasteiger partial charge in [-0.05, 0) is 41.8 Å². The van der Waals surface area contributed by atoms with E-state index in [0.29, 0.717) is 36.7 Å². The van der Waals surface area contributed by atoms with Crippen LogP contribution in [-0.4, -0.2) is 82.1 Å². The summed E-state index contributed by atoms with van der Waals surface area (Å²) in [5.74, 6) is -1.61. The third-order valence-electron chi connectivity index (χ3n) is 5.03. The van der Waals surface area contributed by atoms with Crippen molar-refractivity contribution in [3.05, 3.63) is 60.4 Å². The van der Waals surface area contributed by atoms with Gasteiger partial charge in [0.2, 0.25) is 0 Å². The number of amides is 2. The molecule has 3 aromatic rings. The zero-order valence-electron chi connectivity index (χ0n) is 20.9. The summed E-state index contributed by atoms with van der Waals surface area (Å²) in [7, 11) is 1.59. The number of carbonyl (C=O) groups is 2. The standard InChI is InChI=1S/C23H28N4O5.C2HF3O2/c1-31-20-5-2-4-17(12-20)16-27(8-3-9-28)23(30)26-21-7-6-18(19-14-24-25-15-19)13-22(21)32-11-10-29;3-2(4,5)1(6)7/h2,4-7,12-15,28-29H,3,8-11,16H2,1H3,(H,24,25)(H,26,30);(H,6,7). The van der Waals surface area contributed by atoms with E-state index in [1.54, 1.807) is 36.5 Å². The molecule has 0 aliphatic heterocycles. The Kier molecular flexibility index (Phi) is 12.0. The Morgan fingerprint density at radius 1 is 1.10 bits per heavy atom. The molecule has 0 spiro atoms. The van der Waals surface area contributed by atoms with Gasteiger partial charge in [-0.1, -0.05) is 18.2 Å². The predicted octanol–water partition coefficient (Wildman–Crippen LogP) is 3.51. The molecule has 11 nitrogen and oxygen atoms in total. The summed E-state index contributed by atoms with van der Waals surface area (Å²) < 4.78 is 42.7. The minimum absolute atomic E-state index is 0.0217. The lowest BCUT2D eigenvalue weighted by Gasteiger charge is -2.24. The molecule has 0 saturated heterocycles. The van der Waals surface area contributed by atoms with Crippen molar-refractivity contribution in [2.45, 2.75) is 19.1 Å². The zero-order valence-corrected chi connectivity index (χ0v) is 20.9. The minimum atomic E-state index is -5.08. The second kappa shape index (κ2) is 15.2. The van der Waals surface area contributed by atoms with Crippen molar-refractivity contribution in [1.29, 1.82) is 0 Å². The number of urea groups is 1. The van der Waals surface area contributed by atoms with E-state index in [4.69, 9.17) is 19.4 Å². The number of aromatic nitrogens is 2. The average Bonchev–Trinajstić information content (AvgIpc) is 3.45. The first-order valence-corrected chi connectivity index (χ1v) is 11.6. The molecule has 0 aliphatic carbocycles. The molecule has 0 bridgehead atoms. The van der Waals surface area contributed by atoms with Gasteiger partial charge in [0.25, 0.3) is 0 Å². The number of anilines is 1. The van der Waals surface area contributed by atoms with Gasteiger partial charge in [-0.3, -0.25) is 5.10 Å². The highest BCUT2D eigenvalue weighted by Gasteiger charge is 2.38. The van der Waals surface area contributed by atoms with E-state index in [2.05, 4.69) is 15.5 Å². The fraction of sp³-hybridized carbons (Fsp3) is 0.320. The lowest BCUT2D eigenvalue weighted by Crippen LogP contribution is -2.35. The van der Waals surface area contributed by atoms with Gasteiger partial charge in [0.1, 0.15) is 18.1 Å². The summed E-state index contributed by atoms with van der Waals surface area (Å²) in [4.78, 5) is 23.6. The smallest absolute Gasteiger partial charge is 0.490 e. The molecule has 2 aromatic carbocycles. The molecule has 0 saturated carbocycles. The number of ether oxygens (including phenoxy) is 2. The van der Waals surface area contributed by atoms with Gasteiger partial charge in [0, 0.05) is 31.5 Å². The summed E-state index contributed by atoms with van der Waals surface area (Å²) in [5, 5.41) is 35.2. The van der Waals surface area contributed by atoms with E-state index in [1.165, 1.54) is 0 Å². The molecule has 2 amide bonds. The van der Waals surface area contributed by atoms with Crippen molar-refractivity contribution in [2.24, 2.45) is 0 Å². The van der Waals surface area contributed by atoms with Gasteiger partial charge in [-0.15, -0.1) is 0 Å². The Morgan fingerprint density at radius 3 is 2.44 bits per heavy atom. The normalized spacial score (nSPS) is 10.7. The van der Waals surface area contributed by atoms with Crippen molar-refractivity contribution in [3.8, 4) is 22.6 Å². The number of aliphatic hydroxyl groups excluding tert-OH is 2. The first kappa shape index (κ1) is 30.9. The number of nitrogens with zero attached hydrogens (tertiary/aromatic N) is 2. The third-order valence-corrected chi connectivity index (χ3v) is 5.03. The van der Waals surface area contributed by atoms with Gasteiger partial charge in [0.05, 0.1) is 25.6 Å². The molecule has 5 N–H and O–H groups in total. The number of benzene rings is 2. The number of carboxylic acids is 1. The topological polar surface area (TPSA) is 157 Å². The SMILES string of the molecule is COc1cccc(CN(CCCO)C(=O)Nc2ccc(-c3cn[nH]c3)cc2OCCO)c1.O=C(O)C(F)(F)F. The molecule has 0 aliphatic rings. The van der Waals surface area contributed by atoms with Crippen molar-refractivity contribution in [1.82, 2.24) is 15.1 Å². The van der Waals surface area contributed by atoms with Crippen LogP contribution in [0, 0.1) is 0 Å². The fourth-order valence-corrected chi connectivity index (χ4v) is 3.19. The van der Waals surface area contributed by atoms with Crippen LogP contribution in [0.4, 0.5) is 23.7 Å². The molecule has 0 fully saturated rings. The second-order valence-corrected chi connectivity index (χ2v) is 7.85. The van der Waals surface area contributed by atoms with E-state index in [1.807, 2.05) is 30.3 Å². The van der Waals surface area contributed by atoms with Gasteiger partial charge in [-0.2, -0.15) is 18.3 Å². The lowest BCUT2D eigenvalue weighted by molar-refractivity contribution is -0.192. The molecule has 0 unspecified atom stereocenters. The lowest BCUT2D eigenvalue weighted by atomic mass is 10.1. The number of hydrogen-bond donors (Lipinski definition) is 5. The largest absolute Gasteiger partial charge is 0.497 e. The summed E-state index contributed by atoms with van der Waals surface area (Å²) in [6.07, 6.45) is -1.19. The summed E-state index contributed by atoms with van der Waals surface area (Å²) in [6, 6.07) is 12.6. The molecule has 1 heterocycles. The van der Waals surface area contributed by atoms with Crippen LogP contribution in [-0.2, 0) is 11.3 Å². The van der Waals surface area contributed by atoms with Crippen molar-refractivity contribution >= 4 is 17.7 Å². The number of carbonyl (C=O) groups excluding carboxylic acids is 1. The maximum atomic E-state index is 13.1. The van der Waals surface area contributed by atoms with E-state index < -0.39 is 12.1 Å². The molecule has 0 radical (unpaired) electrons. The van der Waals surface area contributed by atoms with Crippen molar-refractivity contribution < 1.29 is 47.6 Å². The Labute approximate surface area is 221 Å². The van der Waals surface area contributed by atoms with Crippen LogP contribution < -0.4 is 14.8 Å². The van der Waals surface area contributed by atoms with E-state index in [9.17, 15) is 28.2 Å². The first-order valence-electron chi connectivity index (χ1n) is 11.6. The highest BCUT2D eigenvalue weighted by Crippen LogP contribution is 2.31. The maximum Gasteiger partial charge on any atom is 0.490 e. The number of halogens is 3. The van der Waals surface area contributed by atoms with Gasteiger partial charge in [0.15, 0.2) is 0 Å². The van der Waals surface area contributed by atoms with Crippen LogP contribution in [0.1, 0.15) is 12.0 Å². The number of alkyl halides is 3. The van der Waals surface area contributed by atoms with Gasteiger partial charge >= 0.3 is 18.2 Å². The average molecular weight is 555 g/mol. The summed E-state index contributed by atoms with van der Waals surface area (Å²) in [6.45, 7) is 0.645. The number of methoxy groups -OCH3 is 1. The Bertz CT molecular complexity index is 1190. The highest BCUT2D eigenvalue weighted by atomic mass is 19.4. The fourth-order valence-electron chi connectivity index (χ4n) is 3.19. The van der Waals surface area contributed by atoms with Crippen LogP contribution in [0.2, 0.25) is 0 Å². The van der Waals surface area contributed by atoms with Crippen LogP contribution in [0.3, 0.4) is 0 Å². The number of aliphatic hydroxyl groups is 2. The molecular formula is C25H29F3N4O7. The van der Waals surface area contributed by atoms with Crippen LogP contribution in [0.25, 0.3) is 11.1 Å². The molecule has 1 aromatic heterocycles. The third kappa shape index (κ3) is 10.2. The van der Waals surface area contributed by atoms with Crippen LogP contribution in [0.15, 0.2) is 54.9 Å². The number of aromatic amines is 1. The number of hydrogen-bond acceptors (Lipinski definition) is 7. The number of aliphatic carboxylic acids is 1. The molecule has 212 valence electrons. The highest BCUT2D eigenvalue weighted by molar-refractivity contribution is 5.91. The quantitative estimate of drug-likeness (QED) is 0.241. The Balaban J connectivity index is 0.000000673. The number of rotatable bonds is 11. The van der Waals surface area contributed by atoms with Gasteiger partial charge in [-0.25, -0.2) is 9.59 Å². The monoisotopic (exact) mass is 554 g/mol. The van der Waals surface area contributed by atoms with Gasteiger partial charge < -0.3 is 35.0 Å². The summed E-state index contributed by atoms with van der Waals surface area (Å²) in [5.41, 5.74) is 3.12. The minimum Gasteiger partial charge on any atom is -0.497 e. The van der Waals surface area contributed by atoms with Crippen LogP contribution >= 0.6 is 0 Å². The van der Waals surface area contributed by atoms with E-state index in [0.717, 1.165) is 16.7 Å². The van der Waals surface area contributed by atoms with Crippen molar-refractivity contribution in [3.63, 3.8) is 0 Å². The second-order valence-electron chi connectivity index (χ2n) is 7.85. The number of nitrogens with one attached hydrogen (secondary N) is 2. The molecule has 39 heavy (non-hydrogen) atoms. The number of carboxylic acid groups (broad SMARTS) is 1. The van der Waals surface area contributed by atoms with E-state index in [-0.39, 0.29) is 25.9 Å². The first-order chi connectivity index (χ1) is 18.6. The Hall–Kier alpha value is -4.30. The number of H-pyrrole nitrogens is 1. The predicted molar refractivity (Wildman–Crippen MR) is 134 cm³/mol. The molecular weight excluding hydrogens is 525 g/mol. The maximum absolute atomic E-state index is 13.1. The van der Waals surface area contributed by atoms with Crippen molar-refractivity contribution in [2.75, 3.05) is 38.8 Å². The van der Waals surface area contributed by atoms with Crippen LogP contribution in [0.5, 0.6) is 11.5 Å². The Morgan fingerprint density at radius 2 is 1.85 bits per heavy atom. The molecule has 3 rings (SSSR count).